The monoisotopic (exact) mass is 397 g/mol. The second-order valence-electron chi connectivity index (χ2n) is 4.57. The van der Waals surface area contributed by atoms with Crippen LogP contribution >= 0.6 is 0 Å². The summed E-state index contributed by atoms with van der Waals surface area (Å²) in [5, 5.41) is 20.1. The number of hydrogen-bond acceptors (Lipinski definition) is 4. The van der Waals surface area contributed by atoms with Crippen LogP contribution in [0.2, 0.25) is 0 Å². The number of phenolic OH excluding ortho intramolecular Hbond substituents is 1. The molecule has 2 aromatic rings. The molecule has 0 saturated carbocycles. The van der Waals surface area contributed by atoms with Crippen LogP contribution in [0.5, 0.6) is 5.75 Å². The van der Waals surface area contributed by atoms with E-state index >= 15 is 0 Å². The zero-order valence-corrected chi connectivity index (χ0v) is 14.5. The van der Waals surface area contributed by atoms with Crippen LogP contribution in [-0.2, 0) is 8.53 Å². The van der Waals surface area contributed by atoms with Gasteiger partial charge in [0.1, 0.15) is 0 Å². The van der Waals surface area contributed by atoms with Crippen molar-refractivity contribution < 1.29 is 31.7 Å². The summed E-state index contributed by atoms with van der Waals surface area (Å²) in [7, 11) is 0. The summed E-state index contributed by atoms with van der Waals surface area (Å²) >= 11 is -5.15. The number of carboxylic acids is 1. The predicted octanol–water partition coefficient (Wildman–Crippen LogP) is 0.296. The van der Waals surface area contributed by atoms with Gasteiger partial charge >= 0.3 is 94.1 Å². The number of carbonyl (C=O) groups excluding carboxylic acids is 1. The van der Waals surface area contributed by atoms with Crippen LogP contribution in [0.15, 0.2) is 48.5 Å². The third kappa shape index (κ3) is 5.92. The van der Waals surface area contributed by atoms with Gasteiger partial charge in [0.2, 0.25) is 0 Å². The number of hydrogen-bond donors (Lipinski definition) is 5. The summed E-state index contributed by atoms with van der Waals surface area (Å²) in [5.74, 6) is -1.89. The van der Waals surface area contributed by atoms with Crippen molar-refractivity contribution in [3.63, 3.8) is 0 Å². The minimum atomic E-state index is -5.15. The van der Waals surface area contributed by atoms with Crippen LogP contribution in [0.25, 0.3) is 0 Å². The number of carbonyl (C=O) groups is 2. The average molecular weight is 397 g/mol. The van der Waals surface area contributed by atoms with Crippen molar-refractivity contribution in [2.45, 2.75) is 6.92 Å². The maximum atomic E-state index is 11.0. The van der Waals surface area contributed by atoms with E-state index in [-0.39, 0.29) is 5.69 Å². The van der Waals surface area contributed by atoms with Crippen LogP contribution in [-0.4, -0.2) is 44.5 Å². The molecule has 8 nitrogen and oxygen atoms in total. The summed E-state index contributed by atoms with van der Waals surface area (Å²) in [5.41, 5.74) is 0.322. The van der Waals surface area contributed by atoms with Gasteiger partial charge in [-0.3, -0.25) is 0 Å². The minimum Gasteiger partial charge on any atom is -0.478 e. The number of para-hydroxylation sites is 1. The molecule has 9 heteroatoms. The van der Waals surface area contributed by atoms with E-state index in [9.17, 15) is 18.4 Å². The molecule has 0 spiro atoms. The number of rotatable bonds is 3. The van der Waals surface area contributed by atoms with Gasteiger partial charge in [0.25, 0.3) is 0 Å². The molecule has 1 amide bonds. The van der Waals surface area contributed by atoms with Gasteiger partial charge in [0.15, 0.2) is 0 Å². The van der Waals surface area contributed by atoms with Gasteiger partial charge in [-0.05, 0) is 12.1 Å². The molecule has 0 aliphatic rings. The molecule has 0 unspecified atom stereocenters. The quantitative estimate of drug-likeness (QED) is 0.370. The zero-order valence-electron chi connectivity index (χ0n) is 12.6. The van der Waals surface area contributed by atoms with Crippen LogP contribution in [0.1, 0.15) is 17.3 Å². The molecular formula is C15H16AsNO7. The Kier molecular flexibility index (Phi) is 6.79. The summed E-state index contributed by atoms with van der Waals surface area (Å²) in [6.07, 6.45) is 0. The molecule has 0 aliphatic carbocycles. The van der Waals surface area contributed by atoms with E-state index in [1.165, 1.54) is 19.1 Å². The maximum Gasteiger partial charge on any atom is 0.335 e. The Hall–Kier alpha value is -2.54. The Morgan fingerprint density at radius 1 is 1.00 bits per heavy atom. The Balaban J connectivity index is 0.000000272. The number of phenols is 1. The molecule has 2 rings (SSSR count). The molecule has 0 fully saturated rings. The van der Waals surface area contributed by atoms with Crippen molar-refractivity contribution in [1.29, 1.82) is 0 Å². The Morgan fingerprint density at radius 3 is 2.00 bits per heavy atom. The van der Waals surface area contributed by atoms with Gasteiger partial charge in [-0.15, -0.1) is 0 Å². The molecule has 0 saturated heterocycles. The molecular weight excluding hydrogens is 381 g/mol. The van der Waals surface area contributed by atoms with Crippen molar-refractivity contribution >= 4 is 36.1 Å². The third-order valence-electron chi connectivity index (χ3n) is 2.66. The molecule has 0 bridgehead atoms. The number of amides is 1. The van der Waals surface area contributed by atoms with Gasteiger partial charge in [0, 0.05) is 0 Å². The maximum absolute atomic E-state index is 11.0. The van der Waals surface area contributed by atoms with Crippen molar-refractivity contribution in [3.05, 3.63) is 54.1 Å². The topological polar surface area (TPSA) is 144 Å². The fraction of sp³-hybridized carbons (Fsp3) is 0.0667. The fourth-order valence-corrected chi connectivity index (χ4v) is 3.06. The average Bonchev–Trinajstić information content (AvgIpc) is 2.49. The summed E-state index contributed by atoms with van der Waals surface area (Å²) in [4.78, 5) is 20.9. The first-order valence-corrected chi connectivity index (χ1v) is 9.95. The number of carboxylic acid groups (broad SMARTS) is 1. The van der Waals surface area contributed by atoms with Gasteiger partial charge in [-0.25, -0.2) is 4.79 Å². The number of nitrogens with one attached hydrogen (secondary N) is 1. The number of benzene rings is 2. The van der Waals surface area contributed by atoms with Crippen LogP contribution < -0.4 is 9.67 Å². The molecule has 0 atom stereocenters. The van der Waals surface area contributed by atoms with Gasteiger partial charge < -0.3 is 5.11 Å². The van der Waals surface area contributed by atoms with Crippen LogP contribution in [0.3, 0.4) is 0 Å². The number of aromatic carboxylic acids is 1. The van der Waals surface area contributed by atoms with Gasteiger partial charge in [0.05, 0.1) is 5.56 Å². The molecule has 0 heterocycles. The van der Waals surface area contributed by atoms with E-state index in [2.05, 4.69) is 5.32 Å². The predicted molar refractivity (Wildman–Crippen MR) is 86.3 cm³/mol. The Labute approximate surface area is 140 Å². The van der Waals surface area contributed by atoms with E-state index < -0.39 is 36.1 Å². The molecule has 128 valence electrons. The van der Waals surface area contributed by atoms with Crippen molar-refractivity contribution in [2.24, 2.45) is 0 Å². The first kappa shape index (κ1) is 19.5. The minimum absolute atomic E-state index is 0.00951. The largest absolute Gasteiger partial charge is 0.478 e. The zero-order chi connectivity index (χ0) is 18.3. The van der Waals surface area contributed by atoms with E-state index in [0.717, 1.165) is 6.07 Å². The molecule has 2 aromatic carbocycles. The molecule has 0 aliphatic heterocycles. The third-order valence-corrected chi connectivity index (χ3v) is 4.73. The molecule has 0 aromatic heterocycles. The summed E-state index contributed by atoms with van der Waals surface area (Å²) < 4.78 is 28.4. The summed E-state index contributed by atoms with van der Waals surface area (Å²) in [6, 6.07) is 12.1. The SMILES string of the molecule is CC(=O)Nc1cccc([As](=O)(O)O)c1O.O=C(O)c1ccccc1. The summed E-state index contributed by atoms with van der Waals surface area (Å²) in [6.45, 7) is 1.23. The van der Waals surface area contributed by atoms with Crippen molar-refractivity contribution in [1.82, 2.24) is 0 Å². The van der Waals surface area contributed by atoms with Crippen LogP contribution in [0.4, 0.5) is 5.69 Å². The van der Waals surface area contributed by atoms with Crippen molar-refractivity contribution in [2.75, 3.05) is 5.32 Å². The first-order valence-electron chi connectivity index (χ1n) is 6.57. The normalized spacial score (nSPS) is 10.3. The number of aromatic hydroxyl groups is 1. The molecule has 24 heavy (non-hydrogen) atoms. The van der Waals surface area contributed by atoms with Gasteiger partial charge in [-0.2, -0.15) is 0 Å². The fourth-order valence-electron chi connectivity index (χ4n) is 1.64. The van der Waals surface area contributed by atoms with E-state index in [1.54, 1.807) is 30.3 Å². The van der Waals surface area contributed by atoms with E-state index in [4.69, 9.17) is 13.3 Å². The van der Waals surface area contributed by atoms with Crippen molar-refractivity contribution in [3.8, 4) is 5.75 Å². The number of anilines is 1. The molecule has 5 N–H and O–H groups in total. The van der Waals surface area contributed by atoms with Crippen LogP contribution in [0, 0.1) is 0 Å². The van der Waals surface area contributed by atoms with E-state index in [0.29, 0.717) is 5.56 Å². The molecule has 0 radical (unpaired) electrons. The Morgan fingerprint density at radius 2 is 1.58 bits per heavy atom. The smallest absolute Gasteiger partial charge is 0.335 e. The second kappa shape index (κ2) is 8.35. The van der Waals surface area contributed by atoms with Gasteiger partial charge in [-0.1, -0.05) is 18.2 Å². The first-order chi connectivity index (χ1) is 11.1. The Bertz CT molecular complexity index is 771. The second-order valence-corrected chi connectivity index (χ2v) is 7.86. The van der Waals surface area contributed by atoms with E-state index in [1.807, 2.05) is 0 Å². The standard InChI is InChI=1S/C8H10AsNO5.C7H6O2/c1-5(11)10-7-4-2-3-6(8(7)12)9(13,14)15;8-7(9)6-4-2-1-3-5-6/h2-4,12H,1H3,(H,10,11)(H2,13,14,15);1-5H,(H,8,9).